The van der Waals surface area contributed by atoms with Crippen molar-refractivity contribution in [2.24, 2.45) is 0 Å². The summed E-state index contributed by atoms with van der Waals surface area (Å²) in [6.07, 6.45) is 3.99. The first-order chi connectivity index (χ1) is 8.70. The highest BCUT2D eigenvalue weighted by atomic mass is 79.9. The van der Waals surface area contributed by atoms with Gasteiger partial charge in [-0.3, -0.25) is 0 Å². The molecule has 1 aromatic carbocycles. The third-order valence-corrected chi connectivity index (χ3v) is 3.34. The lowest BCUT2D eigenvalue weighted by Gasteiger charge is -2.15. The van der Waals surface area contributed by atoms with Gasteiger partial charge in [0.15, 0.2) is 0 Å². The van der Waals surface area contributed by atoms with Gasteiger partial charge in [0.2, 0.25) is 0 Å². The zero-order chi connectivity index (χ0) is 13.0. The van der Waals surface area contributed by atoms with E-state index >= 15 is 0 Å². The number of hydrogen-bond acceptors (Lipinski definition) is 3. The highest BCUT2D eigenvalue weighted by Crippen LogP contribution is 2.21. The summed E-state index contributed by atoms with van der Waals surface area (Å²) in [7, 11) is 1.88. The number of rotatable bonds is 4. The number of nitrogens with one attached hydrogen (secondary N) is 1. The molecule has 18 heavy (non-hydrogen) atoms. The minimum absolute atomic E-state index is 0.0883. The normalized spacial score (nSPS) is 12.4. The number of benzene rings is 1. The topological polar surface area (TPSA) is 37.8 Å². The van der Waals surface area contributed by atoms with E-state index in [0.717, 1.165) is 17.7 Å². The molecule has 0 saturated heterocycles. The molecule has 0 aliphatic rings. The molecular weight excluding hydrogens is 297 g/mol. The fourth-order valence-electron chi connectivity index (χ4n) is 1.76. The Morgan fingerprint density at radius 3 is 2.83 bits per heavy atom. The number of nitrogens with zero attached hydrogens (tertiary/aromatic N) is 2. The summed E-state index contributed by atoms with van der Waals surface area (Å²) in [5.74, 6) is -0.248. The largest absolute Gasteiger partial charge is 0.311 e. The van der Waals surface area contributed by atoms with Crippen molar-refractivity contribution in [2.45, 2.75) is 12.5 Å². The molecule has 0 bridgehead atoms. The van der Waals surface area contributed by atoms with Crippen LogP contribution in [0.4, 0.5) is 4.39 Å². The van der Waals surface area contributed by atoms with Gasteiger partial charge in [0.25, 0.3) is 0 Å². The molecule has 1 heterocycles. The van der Waals surface area contributed by atoms with E-state index in [9.17, 15) is 4.39 Å². The van der Waals surface area contributed by atoms with Gasteiger partial charge in [0.05, 0.1) is 16.2 Å². The number of likely N-dealkylation sites (N-methyl/N-ethyl adjacent to an activating group) is 1. The Hall–Kier alpha value is -1.33. The lowest BCUT2D eigenvalue weighted by molar-refractivity contribution is 0.571. The lowest BCUT2D eigenvalue weighted by Crippen LogP contribution is -2.20. The van der Waals surface area contributed by atoms with Gasteiger partial charge in [-0.1, -0.05) is 6.07 Å². The Kier molecular flexibility index (Phi) is 4.38. The van der Waals surface area contributed by atoms with E-state index in [-0.39, 0.29) is 11.9 Å². The summed E-state index contributed by atoms with van der Waals surface area (Å²) in [4.78, 5) is 8.13. The van der Waals surface area contributed by atoms with Gasteiger partial charge in [0, 0.05) is 6.20 Å². The predicted octanol–water partition coefficient (Wildman–Crippen LogP) is 2.88. The third-order valence-electron chi connectivity index (χ3n) is 2.73. The molecule has 5 heteroatoms. The van der Waals surface area contributed by atoms with E-state index in [1.54, 1.807) is 18.3 Å². The zero-order valence-corrected chi connectivity index (χ0v) is 11.5. The first kappa shape index (κ1) is 13.1. The number of halogens is 2. The third kappa shape index (κ3) is 3.11. The molecule has 0 radical (unpaired) electrons. The van der Waals surface area contributed by atoms with Gasteiger partial charge in [-0.15, -0.1) is 0 Å². The van der Waals surface area contributed by atoms with Crippen molar-refractivity contribution in [3.8, 4) is 0 Å². The van der Waals surface area contributed by atoms with Crippen LogP contribution in [-0.2, 0) is 6.42 Å². The van der Waals surface area contributed by atoms with Crippen molar-refractivity contribution in [1.29, 1.82) is 0 Å². The first-order valence-corrected chi connectivity index (χ1v) is 6.37. The summed E-state index contributed by atoms with van der Waals surface area (Å²) in [6.45, 7) is 0. The van der Waals surface area contributed by atoms with Crippen molar-refractivity contribution in [1.82, 2.24) is 15.3 Å². The van der Waals surface area contributed by atoms with Crippen molar-refractivity contribution >= 4 is 15.9 Å². The Morgan fingerprint density at radius 1 is 1.39 bits per heavy atom. The zero-order valence-electron chi connectivity index (χ0n) is 9.90. The average Bonchev–Trinajstić information content (AvgIpc) is 2.41. The molecule has 94 valence electrons. The van der Waals surface area contributed by atoms with Gasteiger partial charge >= 0.3 is 0 Å². The second-order valence-corrected chi connectivity index (χ2v) is 4.78. The molecule has 0 aliphatic carbocycles. The van der Waals surface area contributed by atoms with Crippen LogP contribution in [0.5, 0.6) is 0 Å². The van der Waals surface area contributed by atoms with Gasteiger partial charge in [0.1, 0.15) is 12.1 Å². The number of aromatic nitrogens is 2. The van der Waals surface area contributed by atoms with Crippen LogP contribution in [-0.4, -0.2) is 17.0 Å². The van der Waals surface area contributed by atoms with Crippen LogP contribution in [0, 0.1) is 5.82 Å². The Labute approximate surface area is 114 Å². The molecule has 3 nitrogen and oxygen atoms in total. The quantitative estimate of drug-likeness (QED) is 0.943. The average molecular weight is 310 g/mol. The summed E-state index contributed by atoms with van der Waals surface area (Å²) < 4.78 is 13.6. The summed E-state index contributed by atoms with van der Waals surface area (Å²) >= 11 is 3.19. The maximum Gasteiger partial charge on any atom is 0.137 e. The van der Waals surface area contributed by atoms with Crippen molar-refractivity contribution in [3.05, 3.63) is 58.3 Å². The summed E-state index contributed by atoms with van der Waals surface area (Å²) in [5, 5.41) is 3.20. The van der Waals surface area contributed by atoms with Crippen LogP contribution in [0.25, 0.3) is 0 Å². The molecule has 0 amide bonds. The molecular formula is C13H13BrFN3. The molecule has 1 aromatic heterocycles. The van der Waals surface area contributed by atoms with Crippen molar-refractivity contribution < 1.29 is 4.39 Å². The molecule has 0 aliphatic heterocycles. The Bertz CT molecular complexity index is 519. The van der Waals surface area contributed by atoms with Crippen LogP contribution >= 0.6 is 15.9 Å². The van der Waals surface area contributed by atoms with Crippen LogP contribution in [0.2, 0.25) is 0 Å². The number of hydrogen-bond donors (Lipinski definition) is 1. The SMILES string of the molecule is CNC(Cc1ccc(F)c(Br)c1)c1ccncn1. The second kappa shape index (κ2) is 6.02. The monoisotopic (exact) mass is 309 g/mol. The molecule has 0 spiro atoms. The maximum absolute atomic E-state index is 13.2. The van der Waals surface area contributed by atoms with E-state index in [2.05, 4.69) is 31.2 Å². The van der Waals surface area contributed by atoms with E-state index < -0.39 is 0 Å². The van der Waals surface area contributed by atoms with Crippen LogP contribution in [0.15, 0.2) is 41.3 Å². The molecule has 1 N–H and O–H groups in total. The Balaban J connectivity index is 2.18. The van der Waals surface area contributed by atoms with Crippen LogP contribution < -0.4 is 5.32 Å². The Morgan fingerprint density at radius 2 is 2.22 bits per heavy atom. The molecule has 0 saturated carbocycles. The minimum atomic E-state index is -0.248. The molecule has 1 unspecified atom stereocenters. The molecule has 0 fully saturated rings. The van der Waals surface area contributed by atoms with Gasteiger partial charge in [-0.2, -0.15) is 0 Å². The van der Waals surface area contributed by atoms with Crippen molar-refractivity contribution in [2.75, 3.05) is 7.05 Å². The summed E-state index contributed by atoms with van der Waals surface area (Å²) in [5.41, 5.74) is 1.97. The maximum atomic E-state index is 13.2. The van der Waals surface area contributed by atoms with E-state index in [0.29, 0.717) is 4.47 Å². The van der Waals surface area contributed by atoms with Crippen LogP contribution in [0.1, 0.15) is 17.3 Å². The van der Waals surface area contributed by atoms with Gasteiger partial charge in [-0.05, 0) is 53.2 Å². The fourth-order valence-corrected chi connectivity index (χ4v) is 2.19. The molecule has 1 atom stereocenters. The van der Waals surface area contributed by atoms with Gasteiger partial charge < -0.3 is 5.32 Å². The smallest absolute Gasteiger partial charge is 0.137 e. The van der Waals surface area contributed by atoms with Crippen molar-refractivity contribution in [3.63, 3.8) is 0 Å². The first-order valence-electron chi connectivity index (χ1n) is 5.58. The van der Waals surface area contributed by atoms with E-state index in [1.807, 2.05) is 13.1 Å². The predicted molar refractivity (Wildman–Crippen MR) is 71.6 cm³/mol. The molecule has 2 rings (SSSR count). The van der Waals surface area contributed by atoms with E-state index in [4.69, 9.17) is 0 Å². The fraction of sp³-hybridized carbons (Fsp3) is 0.231. The molecule has 2 aromatic rings. The highest BCUT2D eigenvalue weighted by Gasteiger charge is 2.12. The standard InChI is InChI=1S/C13H13BrFN3/c1-16-13(12-4-5-17-8-18-12)7-9-2-3-11(15)10(14)6-9/h2-6,8,13,16H,7H2,1H3. The second-order valence-electron chi connectivity index (χ2n) is 3.93. The summed E-state index contributed by atoms with van der Waals surface area (Å²) in [6, 6.07) is 7.00. The van der Waals surface area contributed by atoms with Crippen LogP contribution in [0.3, 0.4) is 0 Å². The minimum Gasteiger partial charge on any atom is -0.311 e. The van der Waals surface area contributed by atoms with E-state index in [1.165, 1.54) is 12.4 Å². The highest BCUT2D eigenvalue weighted by molar-refractivity contribution is 9.10. The lowest BCUT2D eigenvalue weighted by atomic mass is 10.0. The van der Waals surface area contributed by atoms with Gasteiger partial charge in [-0.25, -0.2) is 14.4 Å².